The van der Waals surface area contributed by atoms with Gasteiger partial charge in [0.25, 0.3) is 0 Å². The lowest BCUT2D eigenvalue weighted by Gasteiger charge is -2.38. The van der Waals surface area contributed by atoms with Crippen LogP contribution in [0.15, 0.2) is 36.4 Å². The fourth-order valence-electron chi connectivity index (χ4n) is 3.67. The van der Waals surface area contributed by atoms with E-state index in [0.29, 0.717) is 5.56 Å². The summed E-state index contributed by atoms with van der Waals surface area (Å²) in [7, 11) is 0. The Bertz CT molecular complexity index is 1040. The van der Waals surface area contributed by atoms with E-state index in [1.165, 1.54) is 0 Å². The number of carbonyl (C=O) groups is 2. The molecule has 6 N–H and O–H groups in total. The highest BCUT2D eigenvalue weighted by Crippen LogP contribution is 2.50. The summed E-state index contributed by atoms with van der Waals surface area (Å²) in [5, 5.41) is 60.0. The Morgan fingerprint density at radius 1 is 1.03 bits per heavy atom. The van der Waals surface area contributed by atoms with E-state index in [1.54, 1.807) is 30.3 Å². The van der Waals surface area contributed by atoms with Gasteiger partial charge in [0.2, 0.25) is 12.0 Å². The van der Waals surface area contributed by atoms with E-state index in [1.807, 2.05) is 0 Å². The van der Waals surface area contributed by atoms with Crippen LogP contribution in [0.25, 0.3) is 0 Å². The summed E-state index contributed by atoms with van der Waals surface area (Å²) < 4.78 is 16.1. The quantitative estimate of drug-likeness (QED) is 0.348. The number of Topliss-reactive ketones (excluding diaryl/α,β-unsaturated/α-hetero) is 1. The number of benzene rings is 2. The number of carboxylic acid groups (broad SMARTS) is 1. The molecule has 2 aliphatic rings. The van der Waals surface area contributed by atoms with Crippen LogP contribution >= 0.6 is 0 Å². The smallest absolute Gasteiger partial charge is 0.335 e. The molecular formula is C21H20O11. The highest BCUT2D eigenvalue weighted by molar-refractivity contribution is 6.03. The van der Waals surface area contributed by atoms with Crippen LogP contribution in [0.1, 0.15) is 28.4 Å². The normalized spacial score (nSPS) is 29.7. The molecule has 6 atom stereocenters. The summed E-state index contributed by atoms with van der Waals surface area (Å²) in [6.45, 7) is 0. The van der Waals surface area contributed by atoms with E-state index < -0.39 is 65.8 Å². The highest BCUT2D eigenvalue weighted by Gasteiger charge is 2.48. The zero-order valence-corrected chi connectivity index (χ0v) is 16.4. The molecule has 0 spiro atoms. The minimum atomic E-state index is -1.93. The molecule has 1 saturated heterocycles. The average Bonchev–Trinajstić information content (AvgIpc) is 2.77. The number of rotatable bonds is 4. The number of carboxylic acids is 1. The van der Waals surface area contributed by atoms with Gasteiger partial charge in [-0.05, 0) is 5.56 Å². The van der Waals surface area contributed by atoms with Gasteiger partial charge in [-0.25, -0.2) is 4.79 Å². The van der Waals surface area contributed by atoms with Gasteiger partial charge in [0.1, 0.15) is 35.7 Å². The third-order valence-corrected chi connectivity index (χ3v) is 5.34. The van der Waals surface area contributed by atoms with Crippen LogP contribution < -0.4 is 9.47 Å². The Hall–Kier alpha value is -3.38. The summed E-state index contributed by atoms with van der Waals surface area (Å²) in [6.07, 6.45) is -10.3. The third-order valence-electron chi connectivity index (χ3n) is 5.34. The van der Waals surface area contributed by atoms with E-state index in [9.17, 15) is 35.1 Å². The molecule has 32 heavy (non-hydrogen) atoms. The third kappa shape index (κ3) is 3.71. The molecule has 0 saturated carbocycles. The molecule has 1 fully saturated rings. The number of hydrogen-bond donors (Lipinski definition) is 6. The Kier molecular flexibility index (Phi) is 5.65. The number of aliphatic hydroxyl groups is 3. The van der Waals surface area contributed by atoms with Crippen molar-refractivity contribution in [3.63, 3.8) is 0 Å². The zero-order valence-electron chi connectivity index (χ0n) is 16.4. The Labute approximate surface area is 180 Å². The number of aromatic hydroxyl groups is 2. The van der Waals surface area contributed by atoms with Crippen LogP contribution in [-0.2, 0) is 9.53 Å². The molecule has 2 aliphatic heterocycles. The lowest BCUT2D eigenvalue weighted by atomic mass is 9.95. The Morgan fingerprint density at radius 3 is 2.38 bits per heavy atom. The SMILES string of the molecule is O=C1CC(c2ccccc2)Oc2c(O)c(O[C@@H]3O[C@H](C(=O)O)[C@@H](O)[C@H](O)[C@H]3O)cc(O)c21. The van der Waals surface area contributed by atoms with Crippen molar-refractivity contribution in [2.75, 3.05) is 0 Å². The van der Waals surface area contributed by atoms with E-state index in [2.05, 4.69) is 0 Å². The number of hydrogen-bond acceptors (Lipinski definition) is 10. The molecule has 4 rings (SSSR count). The van der Waals surface area contributed by atoms with Gasteiger partial charge in [-0.1, -0.05) is 30.3 Å². The Balaban J connectivity index is 1.66. The first-order valence-corrected chi connectivity index (χ1v) is 9.62. The topological polar surface area (TPSA) is 183 Å². The van der Waals surface area contributed by atoms with Gasteiger partial charge < -0.3 is 44.8 Å². The second-order valence-corrected chi connectivity index (χ2v) is 7.44. The minimum Gasteiger partial charge on any atom is -0.507 e. The summed E-state index contributed by atoms with van der Waals surface area (Å²) in [4.78, 5) is 23.9. The van der Waals surface area contributed by atoms with Crippen LogP contribution in [0, 0.1) is 0 Å². The molecule has 0 aliphatic carbocycles. The van der Waals surface area contributed by atoms with Crippen LogP contribution in [0.4, 0.5) is 0 Å². The van der Waals surface area contributed by atoms with E-state index in [0.717, 1.165) is 6.07 Å². The number of phenols is 2. The molecule has 0 aromatic heterocycles. The molecule has 2 aromatic rings. The number of phenolic OH excluding ortho intramolecular Hbond substituents is 2. The first kappa shape index (κ1) is 21.8. The predicted octanol–water partition coefficient (Wildman–Crippen LogP) is 0.0753. The predicted molar refractivity (Wildman–Crippen MR) is 103 cm³/mol. The fourth-order valence-corrected chi connectivity index (χ4v) is 3.67. The monoisotopic (exact) mass is 448 g/mol. The number of carbonyl (C=O) groups excluding carboxylic acids is 1. The molecule has 2 heterocycles. The summed E-state index contributed by atoms with van der Waals surface area (Å²) in [6, 6.07) is 9.60. The molecule has 0 radical (unpaired) electrons. The van der Waals surface area contributed by atoms with Crippen LogP contribution in [-0.4, -0.2) is 73.1 Å². The molecule has 11 heteroatoms. The summed E-state index contributed by atoms with van der Waals surface area (Å²) >= 11 is 0. The first-order chi connectivity index (χ1) is 15.2. The standard InChI is InChI=1S/C21H20O11/c22-9-6-11(8-4-2-1-3-5-8)30-18-13(9)10(23)7-12(14(18)24)31-21-17(27)15(25)16(26)19(32-21)20(28)29/h1-5,7,11,15-17,19,21,23-27H,6H2,(H,28,29)/t11?,15-,16-,17+,19-,21+/m0/s1. The lowest BCUT2D eigenvalue weighted by Crippen LogP contribution is -2.61. The molecule has 2 aromatic carbocycles. The maximum Gasteiger partial charge on any atom is 0.335 e. The number of ketones is 1. The minimum absolute atomic E-state index is 0.0843. The van der Waals surface area contributed by atoms with Crippen molar-refractivity contribution >= 4 is 11.8 Å². The maximum atomic E-state index is 12.6. The van der Waals surface area contributed by atoms with Crippen molar-refractivity contribution in [3.05, 3.63) is 47.5 Å². The van der Waals surface area contributed by atoms with Gasteiger partial charge in [0, 0.05) is 6.07 Å². The molecule has 11 nitrogen and oxygen atoms in total. The van der Waals surface area contributed by atoms with Crippen LogP contribution in [0.2, 0.25) is 0 Å². The average molecular weight is 448 g/mol. The van der Waals surface area contributed by atoms with Crippen molar-refractivity contribution in [2.24, 2.45) is 0 Å². The van der Waals surface area contributed by atoms with Gasteiger partial charge >= 0.3 is 5.97 Å². The van der Waals surface area contributed by atoms with Crippen molar-refractivity contribution in [1.82, 2.24) is 0 Å². The second-order valence-electron chi connectivity index (χ2n) is 7.44. The molecule has 0 bridgehead atoms. The zero-order chi connectivity index (χ0) is 23.2. The number of fused-ring (bicyclic) bond motifs is 1. The molecular weight excluding hydrogens is 428 g/mol. The number of aliphatic hydroxyl groups excluding tert-OH is 3. The Morgan fingerprint density at radius 2 is 1.72 bits per heavy atom. The first-order valence-electron chi connectivity index (χ1n) is 9.62. The van der Waals surface area contributed by atoms with Crippen molar-refractivity contribution < 1.29 is 54.4 Å². The van der Waals surface area contributed by atoms with Gasteiger partial charge in [-0.15, -0.1) is 0 Å². The number of aliphatic carboxylic acids is 1. The van der Waals surface area contributed by atoms with Crippen molar-refractivity contribution in [3.8, 4) is 23.0 Å². The largest absolute Gasteiger partial charge is 0.507 e. The molecule has 1 unspecified atom stereocenters. The van der Waals surface area contributed by atoms with Gasteiger partial charge in [-0.3, -0.25) is 4.79 Å². The van der Waals surface area contributed by atoms with Crippen molar-refractivity contribution in [2.45, 2.75) is 43.2 Å². The maximum absolute atomic E-state index is 12.6. The highest BCUT2D eigenvalue weighted by atomic mass is 16.7. The van der Waals surface area contributed by atoms with Crippen molar-refractivity contribution in [1.29, 1.82) is 0 Å². The number of ether oxygens (including phenoxy) is 3. The van der Waals surface area contributed by atoms with Gasteiger partial charge in [0.15, 0.2) is 23.4 Å². The molecule has 170 valence electrons. The summed E-state index contributed by atoms with van der Waals surface area (Å²) in [5.41, 5.74) is 0.398. The fraction of sp³-hybridized carbons (Fsp3) is 0.333. The molecule has 0 amide bonds. The van der Waals surface area contributed by atoms with E-state index in [-0.39, 0.29) is 17.7 Å². The van der Waals surface area contributed by atoms with E-state index >= 15 is 0 Å². The van der Waals surface area contributed by atoms with Gasteiger partial charge in [-0.2, -0.15) is 0 Å². The van der Waals surface area contributed by atoms with E-state index in [4.69, 9.17) is 19.3 Å². The second kappa shape index (κ2) is 8.28. The lowest BCUT2D eigenvalue weighted by molar-refractivity contribution is -0.271. The van der Waals surface area contributed by atoms with Crippen LogP contribution in [0.5, 0.6) is 23.0 Å². The van der Waals surface area contributed by atoms with Crippen LogP contribution in [0.3, 0.4) is 0 Å². The summed E-state index contributed by atoms with van der Waals surface area (Å²) in [5.74, 6) is -4.24. The van der Waals surface area contributed by atoms with Gasteiger partial charge in [0.05, 0.1) is 6.42 Å².